The lowest BCUT2D eigenvalue weighted by molar-refractivity contribution is 0.680. The van der Waals surface area contributed by atoms with Gasteiger partial charge in [-0.05, 0) is 72.4 Å². The van der Waals surface area contributed by atoms with E-state index >= 15 is 0 Å². The summed E-state index contributed by atoms with van der Waals surface area (Å²) in [6, 6.07) is 15.6. The van der Waals surface area contributed by atoms with E-state index in [0.717, 1.165) is 6.42 Å². The molecule has 100 valence electrons. The second kappa shape index (κ2) is 4.63. The fraction of sp³-hybridized carbons (Fsp3) is 0.300. The summed E-state index contributed by atoms with van der Waals surface area (Å²) in [5.74, 6) is 0. The first-order chi connectivity index (χ1) is 9.84. The van der Waals surface area contributed by atoms with Crippen molar-refractivity contribution in [1.82, 2.24) is 0 Å². The van der Waals surface area contributed by atoms with Crippen molar-refractivity contribution >= 4 is 5.57 Å². The number of benzene rings is 2. The highest BCUT2D eigenvalue weighted by atomic mass is 14.3. The van der Waals surface area contributed by atoms with Crippen LogP contribution in [-0.4, -0.2) is 0 Å². The van der Waals surface area contributed by atoms with Gasteiger partial charge in [0.25, 0.3) is 0 Å². The maximum Gasteiger partial charge on any atom is -0.00514 e. The van der Waals surface area contributed by atoms with E-state index in [1.54, 1.807) is 16.7 Å². The molecule has 0 bridgehead atoms. The molecule has 0 unspecified atom stereocenters. The smallest absolute Gasteiger partial charge is 0.00514 e. The molecular weight excluding hydrogens is 240 g/mol. The van der Waals surface area contributed by atoms with Crippen molar-refractivity contribution < 1.29 is 0 Å². The molecule has 0 N–H and O–H groups in total. The second-order valence-corrected chi connectivity index (χ2v) is 6.13. The van der Waals surface area contributed by atoms with Gasteiger partial charge in [-0.15, -0.1) is 0 Å². The van der Waals surface area contributed by atoms with Crippen LogP contribution in [0.15, 0.2) is 48.0 Å². The number of hydrogen-bond acceptors (Lipinski definition) is 0. The van der Waals surface area contributed by atoms with Crippen molar-refractivity contribution in [1.29, 1.82) is 0 Å². The lowest BCUT2D eigenvalue weighted by Crippen LogP contribution is -2.06. The topological polar surface area (TPSA) is 0 Å². The molecule has 2 aliphatic carbocycles. The Bertz CT molecular complexity index is 689. The standard InChI is InChI=1S/C20H20/c1-14-13-19-17-10-6-5-7-15(17)11-12-18(19)20(14)16-8-3-2-4-9-16/h2-4,8-9,11-12H,5-7,10,13H2,1H3. The summed E-state index contributed by atoms with van der Waals surface area (Å²) in [4.78, 5) is 0. The normalized spacial score (nSPS) is 17.1. The number of rotatable bonds is 1. The van der Waals surface area contributed by atoms with Gasteiger partial charge in [-0.2, -0.15) is 0 Å². The summed E-state index contributed by atoms with van der Waals surface area (Å²) < 4.78 is 0. The van der Waals surface area contributed by atoms with Crippen LogP contribution >= 0.6 is 0 Å². The van der Waals surface area contributed by atoms with Crippen LogP contribution in [0.1, 0.15) is 47.6 Å². The molecule has 4 rings (SSSR count). The van der Waals surface area contributed by atoms with Gasteiger partial charge in [0.15, 0.2) is 0 Å². The zero-order chi connectivity index (χ0) is 13.5. The van der Waals surface area contributed by atoms with Crippen molar-refractivity contribution in [3.8, 4) is 0 Å². The summed E-state index contributed by atoms with van der Waals surface area (Å²) in [5, 5.41) is 0. The molecule has 0 heterocycles. The summed E-state index contributed by atoms with van der Waals surface area (Å²) in [5.41, 5.74) is 10.8. The average molecular weight is 260 g/mol. The molecule has 0 heteroatoms. The molecule has 0 spiro atoms. The third-order valence-corrected chi connectivity index (χ3v) is 4.85. The van der Waals surface area contributed by atoms with E-state index in [2.05, 4.69) is 49.4 Å². The molecule has 20 heavy (non-hydrogen) atoms. The zero-order valence-electron chi connectivity index (χ0n) is 12.1. The molecular formula is C20H20. The predicted molar refractivity (Wildman–Crippen MR) is 84.9 cm³/mol. The molecule has 2 aliphatic rings. The van der Waals surface area contributed by atoms with Crippen LogP contribution in [0, 0.1) is 0 Å². The summed E-state index contributed by atoms with van der Waals surface area (Å²) in [6.07, 6.45) is 6.45. The number of hydrogen-bond donors (Lipinski definition) is 0. The van der Waals surface area contributed by atoms with Gasteiger partial charge < -0.3 is 0 Å². The fourth-order valence-electron chi connectivity index (χ4n) is 3.93. The molecule has 0 aliphatic heterocycles. The number of fused-ring (bicyclic) bond motifs is 3. The Kier molecular flexibility index (Phi) is 2.77. The van der Waals surface area contributed by atoms with E-state index in [1.807, 2.05) is 0 Å². The maximum absolute atomic E-state index is 2.38. The van der Waals surface area contributed by atoms with Gasteiger partial charge >= 0.3 is 0 Å². The summed E-state index contributed by atoms with van der Waals surface area (Å²) >= 11 is 0. The van der Waals surface area contributed by atoms with E-state index in [0.29, 0.717) is 0 Å². The van der Waals surface area contributed by atoms with Crippen LogP contribution in [0.25, 0.3) is 5.57 Å². The number of aryl methyl sites for hydroxylation is 1. The summed E-state index contributed by atoms with van der Waals surface area (Å²) in [6.45, 7) is 2.30. The van der Waals surface area contributed by atoms with Crippen LogP contribution in [0.4, 0.5) is 0 Å². The number of allylic oxidation sites excluding steroid dienone is 1. The van der Waals surface area contributed by atoms with Gasteiger partial charge in [0, 0.05) is 0 Å². The fourth-order valence-corrected chi connectivity index (χ4v) is 3.93. The van der Waals surface area contributed by atoms with Crippen molar-refractivity contribution in [2.24, 2.45) is 0 Å². The highest BCUT2D eigenvalue weighted by molar-refractivity contribution is 5.87. The molecule has 0 aromatic heterocycles. The lowest BCUT2D eigenvalue weighted by Gasteiger charge is -2.20. The molecule has 0 radical (unpaired) electrons. The Morgan fingerprint density at radius 2 is 1.60 bits per heavy atom. The Morgan fingerprint density at radius 3 is 2.45 bits per heavy atom. The van der Waals surface area contributed by atoms with Gasteiger partial charge in [0.1, 0.15) is 0 Å². The molecule has 0 atom stereocenters. The van der Waals surface area contributed by atoms with Crippen LogP contribution < -0.4 is 0 Å². The van der Waals surface area contributed by atoms with Crippen molar-refractivity contribution in [2.45, 2.75) is 39.0 Å². The minimum absolute atomic E-state index is 1.16. The monoisotopic (exact) mass is 260 g/mol. The molecule has 2 aromatic carbocycles. The van der Waals surface area contributed by atoms with E-state index in [4.69, 9.17) is 0 Å². The first kappa shape index (κ1) is 12.0. The minimum Gasteiger partial charge on any atom is -0.0622 e. The van der Waals surface area contributed by atoms with Gasteiger partial charge in [-0.25, -0.2) is 0 Å². The van der Waals surface area contributed by atoms with Crippen LogP contribution in [0.2, 0.25) is 0 Å². The van der Waals surface area contributed by atoms with Crippen LogP contribution in [0.5, 0.6) is 0 Å². The molecule has 2 aromatic rings. The van der Waals surface area contributed by atoms with Crippen molar-refractivity contribution in [3.05, 3.63) is 75.9 Å². The van der Waals surface area contributed by atoms with E-state index in [-0.39, 0.29) is 0 Å². The van der Waals surface area contributed by atoms with E-state index in [9.17, 15) is 0 Å². The molecule has 0 fully saturated rings. The SMILES string of the molecule is CC1=C(c2ccccc2)c2ccc3c(c2C1)CCCC3. The Hall–Kier alpha value is -1.82. The Balaban J connectivity index is 1.88. The highest BCUT2D eigenvalue weighted by Crippen LogP contribution is 2.41. The third kappa shape index (κ3) is 1.75. The first-order valence-corrected chi connectivity index (χ1v) is 7.74. The quantitative estimate of drug-likeness (QED) is 0.681. The van der Waals surface area contributed by atoms with Crippen LogP contribution in [0.3, 0.4) is 0 Å². The second-order valence-electron chi connectivity index (χ2n) is 6.13. The molecule has 0 saturated heterocycles. The van der Waals surface area contributed by atoms with Gasteiger partial charge in [0.05, 0.1) is 0 Å². The molecule has 0 amide bonds. The van der Waals surface area contributed by atoms with Crippen molar-refractivity contribution in [3.63, 3.8) is 0 Å². The lowest BCUT2D eigenvalue weighted by atomic mass is 9.85. The largest absolute Gasteiger partial charge is 0.0622 e. The predicted octanol–water partition coefficient (Wildman–Crippen LogP) is 4.94. The Labute approximate surface area is 121 Å². The van der Waals surface area contributed by atoms with Crippen LogP contribution in [-0.2, 0) is 19.3 Å². The maximum atomic E-state index is 2.38. The van der Waals surface area contributed by atoms with Gasteiger partial charge in [-0.3, -0.25) is 0 Å². The van der Waals surface area contributed by atoms with Gasteiger partial charge in [-0.1, -0.05) is 48.0 Å². The molecule has 0 saturated carbocycles. The van der Waals surface area contributed by atoms with E-state index in [1.165, 1.54) is 48.0 Å². The van der Waals surface area contributed by atoms with E-state index < -0.39 is 0 Å². The zero-order valence-corrected chi connectivity index (χ0v) is 12.1. The Morgan fingerprint density at radius 1 is 0.800 bits per heavy atom. The third-order valence-electron chi connectivity index (χ3n) is 4.85. The summed E-state index contributed by atoms with van der Waals surface area (Å²) in [7, 11) is 0. The van der Waals surface area contributed by atoms with Gasteiger partial charge in [0.2, 0.25) is 0 Å². The highest BCUT2D eigenvalue weighted by Gasteiger charge is 2.25. The first-order valence-electron chi connectivity index (χ1n) is 7.74. The molecule has 0 nitrogen and oxygen atoms in total. The average Bonchev–Trinajstić information content (AvgIpc) is 2.84. The van der Waals surface area contributed by atoms with Crippen molar-refractivity contribution in [2.75, 3.05) is 0 Å². The minimum atomic E-state index is 1.16.